The summed E-state index contributed by atoms with van der Waals surface area (Å²) in [6, 6.07) is 12.7. The van der Waals surface area contributed by atoms with Crippen molar-refractivity contribution in [1.82, 2.24) is 19.5 Å². The number of benzene rings is 1. The molecular formula is C25H19ClN4O3. The molecule has 0 bridgehead atoms. The number of rotatable bonds is 4. The Balaban J connectivity index is 1.84. The number of aromatic nitrogens is 4. The third kappa shape index (κ3) is 3.47. The maximum atomic E-state index is 12.7. The van der Waals surface area contributed by atoms with Gasteiger partial charge in [0.2, 0.25) is 0 Å². The number of nitrogens with one attached hydrogen (secondary N) is 1. The van der Waals surface area contributed by atoms with Gasteiger partial charge >= 0.3 is 5.97 Å². The zero-order valence-corrected chi connectivity index (χ0v) is 18.6. The van der Waals surface area contributed by atoms with Crippen molar-refractivity contribution in [2.45, 2.75) is 20.4 Å². The maximum Gasteiger partial charge on any atom is 0.353 e. The molecule has 0 unspecified atom stereocenters. The van der Waals surface area contributed by atoms with Gasteiger partial charge in [-0.15, -0.1) is 0 Å². The normalized spacial score (nSPS) is 11.4. The monoisotopic (exact) mass is 458 g/mol. The Morgan fingerprint density at radius 1 is 1.15 bits per heavy atom. The highest BCUT2D eigenvalue weighted by molar-refractivity contribution is 6.30. The molecule has 0 atom stereocenters. The van der Waals surface area contributed by atoms with Crippen LogP contribution >= 0.6 is 11.6 Å². The van der Waals surface area contributed by atoms with Gasteiger partial charge in [-0.05, 0) is 67.4 Å². The van der Waals surface area contributed by atoms with E-state index in [1.807, 2.05) is 38.1 Å². The van der Waals surface area contributed by atoms with Gasteiger partial charge in [0.25, 0.3) is 5.56 Å². The zero-order chi connectivity index (χ0) is 23.3. The topological polar surface area (TPSA) is 101 Å². The van der Waals surface area contributed by atoms with Gasteiger partial charge in [-0.3, -0.25) is 4.79 Å². The molecule has 0 radical (unpaired) electrons. The van der Waals surface area contributed by atoms with Crippen molar-refractivity contribution in [2.75, 3.05) is 0 Å². The van der Waals surface area contributed by atoms with E-state index in [1.165, 1.54) is 6.20 Å². The van der Waals surface area contributed by atoms with Crippen LogP contribution in [0.25, 0.3) is 33.1 Å². The Bertz CT molecular complexity index is 1630. The van der Waals surface area contributed by atoms with Crippen molar-refractivity contribution >= 4 is 39.5 Å². The average Bonchev–Trinajstić information content (AvgIpc) is 3.08. The molecule has 164 valence electrons. The number of H-pyrrole nitrogens is 1. The molecule has 4 aromatic heterocycles. The van der Waals surface area contributed by atoms with E-state index in [1.54, 1.807) is 29.0 Å². The lowest BCUT2D eigenvalue weighted by atomic mass is 10.00. The van der Waals surface area contributed by atoms with Crippen LogP contribution in [0.2, 0.25) is 5.15 Å². The number of nitrogens with zero attached hydrogens (tertiary/aromatic N) is 3. The summed E-state index contributed by atoms with van der Waals surface area (Å²) in [5, 5.41) is 12.0. The number of aromatic amines is 1. The molecule has 33 heavy (non-hydrogen) atoms. The minimum Gasteiger partial charge on any atom is -0.477 e. The van der Waals surface area contributed by atoms with Crippen LogP contribution in [-0.2, 0) is 6.54 Å². The quantitative estimate of drug-likeness (QED) is 0.371. The Hall–Kier alpha value is -3.97. The van der Waals surface area contributed by atoms with Crippen LogP contribution in [0.3, 0.4) is 0 Å². The van der Waals surface area contributed by atoms with E-state index in [2.05, 4.69) is 15.0 Å². The second-order valence-corrected chi connectivity index (χ2v) is 8.33. The summed E-state index contributed by atoms with van der Waals surface area (Å²) in [6.07, 6.45) is 3.16. The Morgan fingerprint density at radius 3 is 2.70 bits per heavy atom. The summed E-state index contributed by atoms with van der Waals surface area (Å²) in [6.45, 7) is 4.10. The first-order valence-electron chi connectivity index (χ1n) is 10.3. The molecule has 7 nitrogen and oxygen atoms in total. The summed E-state index contributed by atoms with van der Waals surface area (Å²) < 4.78 is 1.69. The van der Waals surface area contributed by atoms with E-state index in [4.69, 9.17) is 11.6 Å². The van der Waals surface area contributed by atoms with Gasteiger partial charge in [0.05, 0.1) is 6.54 Å². The Kier molecular flexibility index (Phi) is 4.98. The van der Waals surface area contributed by atoms with E-state index in [0.29, 0.717) is 33.2 Å². The summed E-state index contributed by atoms with van der Waals surface area (Å²) in [4.78, 5) is 36.5. The lowest BCUT2D eigenvalue weighted by molar-refractivity contribution is 0.0687. The lowest BCUT2D eigenvalue weighted by Gasteiger charge is -2.12. The van der Waals surface area contributed by atoms with Crippen molar-refractivity contribution in [3.8, 4) is 11.1 Å². The van der Waals surface area contributed by atoms with Crippen LogP contribution in [0, 0.1) is 13.8 Å². The molecule has 5 aromatic rings. The first kappa shape index (κ1) is 20.9. The van der Waals surface area contributed by atoms with E-state index < -0.39 is 5.97 Å². The average molecular weight is 459 g/mol. The van der Waals surface area contributed by atoms with Crippen molar-refractivity contribution in [3.05, 3.63) is 92.7 Å². The fraction of sp³-hybridized carbons (Fsp3) is 0.120. The molecule has 0 amide bonds. The minimum atomic E-state index is -1.13. The van der Waals surface area contributed by atoms with Crippen LogP contribution in [0.5, 0.6) is 0 Å². The number of halogens is 1. The van der Waals surface area contributed by atoms with E-state index in [0.717, 1.165) is 16.5 Å². The Morgan fingerprint density at radius 2 is 1.94 bits per heavy atom. The van der Waals surface area contributed by atoms with Crippen molar-refractivity contribution in [3.63, 3.8) is 0 Å². The van der Waals surface area contributed by atoms with Gasteiger partial charge in [0.15, 0.2) is 5.65 Å². The van der Waals surface area contributed by atoms with Crippen LogP contribution in [0.1, 0.15) is 27.2 Å². The smallest absolute Gasteiger partial charge is 0.353 e. The van der Waals surface area contributed by atoms with Crippen LogP contribution in [-0.4, -0.2) is 30.6 Å². The van der Waals surface area contributed by atoms with Gasteiger partial charge in [0.1, 0.15) is 10.8 Å². The van der Waals surface area contributed by atoms with E-state index in [9.17, 15) is 14.7 Å². The summed E-state index contributed by atoms with van der Waals surface area (Å²) >= 11 is 6.47. The molecule has 0 spiro atoms. The molecule has 1 aromatic carbocycles. The second kappa shape index (κ2) is 7.86. The highest BCUT2D eigenvalue weighted by atomic mass is 35.5. The third-order valence-corrected chi connectivity index (χ3v) is 6.24. The molecule has 4 heterocycles. The number of aryl methyl sites for hydroxylation is 2. The number of hydrogen-bond donors (Lipinski definition) is 2. The fourth-order valence-electron chi connectivity index (χ4n) is 4.19. The maximum absolute atomic E-state index is 12.7. The highest BCUT2D eigenvalue weighted by Gasteiger charge is 2.26. The molecule has 0 saturated carbocycles. The molecule has 5 rings (SSSR count). The van der Waals surface area contributed by atoms with E-state index in [-0.39, 0.29) is 23.0 Å². The first-order chi connectivity index (χ1) is 15.8. The van der Waals surface area contributed by atoms with Crippen molar-refractivity contribution in [1.29, 1.82) is 0 Å². The number of carbonyl (C=O) groups is 1. The van der Waals surface area contributed by atoms with Crippen LogP contribution in [0.4, 0.5) is 0 Å². The molecular weight excluding hydrogens is 440 g/mol. The molecule has 0 aliphatic heterocycles. The van der Waals surface area contributed by atoms with Crippen molar-refractivity contribution in [2.24, 2.45) is 0 Å². The molecule has 0 saturated heterocycles. The third-order valence-electron chi connectivity index (χ3n) is 5.91. The van der Waals surface area contributed by atoms with E-state index >= 15 is 0 Å². The van der Waals surface area contributed by atoms with Gasteiger partial charge in [-0.1, -0.05) is 11.6 Å². The predicted molar refractivity (Wildman–Crippen MR) is 128 cm³/mol. The number of hydrogen-bond acceptors (Lipinski definition) is 4. The summed E-state index contributed by atoms with van der Waals surface area (Å²) in [5.41, 5.74) is 4.25. The number of carboxylic acid groups (broad SMARTS) is 1. The molecule has 0 fully saturated rings. The number of carboxylic acids is 1. The highest BCUT2D eigenvalue weighted by Crippen LogP contribution is 2.36. The number of fused-ring (bicyclic) bond motifs is 2. The molecule has 0 aliphatic rings. The summed E-state index contributed by atoms with van der Waals surface area (Å²) in [5.74, 6) is -1.13. The molecule has 0 aliphatic carbocycles. The standard InChI is InChI=1S/C25H19ClN4O3/c1-13-9-18-19(10-14(13)2)30(12-16-11-15-5-3-7-27-23(15)29-22(16)26)21(25(32)33)20(18)17-6-4-8-28-24(17)31/h3-11H,12H2,1-2H3,(H,28,31)(H,32,33). The SMILES string of the molecule is Cc1cc2c(-c3ccc[nH]c3=O)c(C(=O)O)n(Cc3cc4cccnc4nc3Cl)c2cc1C. The van der Waals surface area contributed by atoms with Gasteiger partial charge in [0, 0.05) is 45.4 Å². The van der Waals surface area contributed by atoms with Crippen molar-refractivity contribution < 1.29 is 9.90 Å². The molecule has 2 N–H and O–H groups in total. The fourth-order valence-corrected chi connectivity index (χ4v) is 4.39. The summed E-state index contributed by atoms with van der Waals surface area (Å²) in [7, 11) is 0. The van der Waals surface area contributed by atoms with Crippen LogP contribution < -0.4 is 5.56 Å². The zero-order valence-electron chi connectivity index (χ0n) is 17.9. The van der Waals surface area contributed by atoms with Crippen LogP contribution in [0.15, 0.2) is 59.7 Å². The molecule has 8 heteroatoms. The Labute approximate surface area is 193 Å². The number of aromatic carboxylic acids is 1. The first-order valence-corrected chi connectivity index (χ1v) is 10.7. The second-order valence-electron chi connectivity index (χ2n) is 7.97. The minimum absolute atomic E-state index is 0.0223. The number of pyridine rings is 3. The predicted octanol–water partition coefficient (Wildman–Crippen LogP) is 4.96. The van der Waals surface area contributed by atoms with Gasteiger partial charge < -0.3 is 14.7 Å². The van der Waals surface area contributed by atoms with Gasteiger partial charge in [-0.2, -0.15) is 0 Å². The van der Waals surface area contributed by atoms with Gasteiger partial charge in [-0.25, -0.2) is 14.8 Å². The largest absolute Gasteiger partial charge is 0.477 e. The lowest BCUT2D eigenvalue weighted by Crippen LogP contribution is -2.14.